The van der Waals surface area contributed by atoms with Crippen molar-refractivity contribution < 1.29 is 9.53 Å². The molecule has 0 aliphatic rings. The van der Waals surface area contributed by atoms with Crippen LogP contribution in [0.25, 0.3) is 6.08 Å². The molecule has 0 heterocycles. The Morgan fingerprint density at radius 3 is 2.55 bits per heavy atom. The summed E-state index contributed by atoms with van der Waals surface area (Å²) in [7, 11) is 0. The van der Waals surface area contributed by atoms with Crippen molar-refractivity contribution in [2.45, 2.75) is 11.5 Å². The van der Waals surface area contributed by atoms with Crippen molar-refractivity contribution in [3.05, 3.63) is 71.8 Å². The van der Waals surface area contributed by atoms with E-state index in [0.717, 1.165) is 16.0 Å². The fraction of sp³-hybridized carbons (Fsp3) is 0.118. The third-order valence-corrected chi connectivity index (χ3v) is 3.71. The van der Waals surface area contributed by atoms with Gasteiger partial charge in [-0.2, -0.15) is 0 Å². The SMILES string of the molecule is C=Cc1ccc(COC(=O)c2ccccc2SC)cc1. The van der Waals surface area contributed by atoms with Gasteiger partial charge in [-0.3, -0.25) is 0 Å². The lowest BCUT2D eigenvalue weighted by Gasteiger charge is -2.08. The van der Waals surface area contributed by atoms with E-state index in [2.05, 4.69) is 6.58 Å². The average Bonchev–Trinajstić information content (AvgIpc) is 2.53. The molecule has 20 heavy (non-hydrogen) atoms. The second-order valence-corrected chi connectivity index (χ2v) is 5.07. The highest BCUT2D eigenvalue weighted by Gasteiger charge is 2.11. The normalized spacial score (nSPS) is 10.1. The Bertz CT molecular complexity index is 603. The molecule has 2 aromatic rings. The van der Waals surface area contributed by atoms with Crippen molar-refractivity contribution >= 4 is 23.8 Å². The maximum absolute atomic E-state index is 12.1. The van der Waals surface area contributed by atoms with Gasteiger partial charge in [0.2, 0.25) is 0 Å². The van der Waals surface area contributed by atoms with Crippen LogP contribution in [0, 0.1) is 0 Å². The van der Waals surface area contributed by atoms with E-state index >= 15 is 0 Å². The van der Waals surface area contributed by atoms with Gasteiger partial charge >= 0.3 is 5.97 Å². The minimum absolute atomic E-state index is 0.277. The van der Waals surface area contributed by atoms with Gasteiger partial charge < -0.3 is 4.74 Å². The van der Waals surface area contributed by atoms with Crippen LogP contribution in [0.4, 0.5) is 0 Å². The molecule has 0 spiro atoms. The molecular weight excluding hydrogens is 268 g/mol. The van der Waals surface area contributed by atoms with E-state index in [-0.39, 0.29) is 12.6 Å². The molecule has 2 nitrogen and oxygen atoms in total. The van der Waals surface area contributed by atoms with E-state index < -0.39 is 0 Å². The van der Waals surface area contributed by atoms with E-state index in [9.17, 15) is 4.79 Å². The van der Waals surface area contributed by atoms with Crippen LogP contribution in [-0.4, -0.2) is 12.2 Å². The Kier molecular flexibility index (Phi) is 5.02. The summed E-state index contributed by atoms with van der Waals surface area (Å²) in [6.07, 6.45) is 3.73. The lowest BCUT2D eigenvalue weighted by Crippen LogP contribution is -2.06. The number of benzene rings is 2. The second kappa shape index (κ2) is 6.96. The molecular formula is C17H16O2S. The van der Waals surface area contributed by atoms with Crippen LogP contribution in [-0.2, 0) is 11.3 Å². The monoisotopic (exact) mass is 284 g/mol. The molecule has 3 heteroatoms. The number of rotatable bonds is 5. The zero-order chi connectivity index (χ0) is 14.4. The van der Waals surface area contributed by atoms with E-state index in [0.29, 0.717) is 5.56 Å². The van der Waals surface area contributed by atoms with E-state index in [4.69, 9.17) is 4.74 Å². The Morgan fingerprint density at radius 1 is 1.20 bits per heavy atom. The van der Waals surface area contributed by atoms with Crippen LogP contribution in [0.3, 0.4) is 0 Å². The number of thioether (sulfide) groups is 1. The molecule has 0 bridgehead atoms. The standard InChI is InChI=1S/C17H16O2S/c1-3-13-8-10-14(11-9-13)12-19-17(18)15-6-4-5-7-16(15)20-2/h3-11H,1,12H2,2H3. The molecule has 0 saturated carbocycles. The van der Waals surface area contributed by atoms with Gasteiger partial charge in [-0.1, -0.05) is 49.1 Å². The van der Waals surface area contributed by atoms with Crippen LogP contribution >= 0.6 is 11.8 Å². The zero-order valence-corrected chi connectivity index (χ0v) is 12.2. The number of hydrogen-bond acceptors (Lipinski definition) is 3. The largest absolute Gasteiger partial charge is 0.457 e. The lowest BCUT2D eigenvalue weighted by molar-refractivity contribution is 0.0468. The zero-order valence-electron chi connectivity index (χ0n) is 11.3. The predicted octanol–water partition coefficient (Wildman–Crippen LogP) is 4.41. The molecule has 0 saturated heterocycles. The van der Waals surface area contributed by atoms with Gasteiger partial charge in [0.05, 0.1) is 5.56 Å². The molecule has 0 amide bonds. The average molecular weight is 284 g/mol. The first-order chi connectivity index (χ1) is 9.74. The van der Waals surface area contributed by atoms with Gasteiger partial charge in [0, 0.05) is 4.90 Å². The van der Waals surface area contributed by atoms with Crippen molar-refractivity contribution in [3.63, 3.8) is 0 Å². The first-order valence-corrected chi connectivity index (χ1v) is 7.48. The molecule has 0 N–H and O–H groups in total. The van der Waals surface area contributed by atoms with Crippen molar-refractivity contribution in [1.82, 2.24) is 0 Å². The van der Waals surface area contributed by atoms with Crippen LogP contribution in [0.5, 0.6) is 0 Å². The predicted molar refractivity (Wildman–Crippen MR) is 83.9 cm³/mol. The first kappa shape index (κ1) is 14.4. The Labute approximate surface area is 123 Å². The molecule has 102 valence electrons. The Hall–Kier alpha value is -2.00. The van der Waals surface area contributed by atoms with Crippen LogP contribution in [0.15, 0.2) is 60.0 Å². The molecule has 0 unspecified atom stereocenters. The minimum atomic E-state index is -0.289. The highest BCUT2D eigenvalue weighted by atomic mass is 32.2. The van der Waals surface area contributed by atoms with E-state index in [1.54, 1.807) is 12.1 Å². The number of carbonyl (C=O) groups is 1. The number of carbonyl (C=O) groups excluding carboxylic acids is 1. The smallest absolute Gasteiger partial charge is 0.339 e. The maximum Gasteiger partial charge on any atom is 0.339 e. The van der Waals surface area contributed by atoms with Crippen molar-refractivity contribution in [2.24, 2.45) is 0 Å². The quantitative estimate of drug-likeness (QED) is 0.601. The summed E-state index contributed by atoms with van der Waals surface area (Å²) in [6.45, 7) is 3.98. The summed E-state index contributed by atoms with van der Waals surface area (Å²) in [4.78, 5) is 13.0. The number of hydrogen-bond donors (Lipinski definition) is 0. The fourth-order valence-electron chi connectivity index (χ4n) is 1.79. The molecule has 0 fully saturated rings. The van der Waals surface area contributed by atoms with Gasteiger partial charge in [0.25, 0.3) is 0 Å². The number of esters is 1. The van der Waals surface area contributed by atoms with Crippen molar-refractivity contribution in [1.29, 1.82) is 0 Å². The maximum atomic E-state index is 12.1. The summed E-state index contributed by atoms with van der Waals surface area (Å²) in [6, 6.07) is 15.2. The van der Waals surface area contributed by atoms with Gasteiger partial charge in [-0.05, 0) is 29.5 Å². The summed E-state index contributed by atoms with van der Waals surface area (Å²) in [5, 5.41) is 0. The van der Waals surface area contributed by atoms with E-state index in [1.807, 2.05) is 48.7 Å². The number of ether oxygens (including phenoxy) is 1. The third-order valence-electron chi connectivity index (χ3n) is 2.91. The Balaban J connectivity index is 2.02. The van der Waals surface area contributed by atoms with Crippen LogP contribution in [0.1, 0.15) is 21.5 Å². The van der Waals surface area contributed by atoms with Gasteiger partial charge in [-0.15, -0.1) is 11.8 Å². The van der Waals surface area contributed by atoms with Crippen molar-refractivity contribution in [2.75, 3.05) is 6.26 Å². The summed E-state index contributed by atoms with van der Waals surface area (Å²) in [5.74, 6) is -0.289. The molecule has 0 radical (unpaired) electrons. The molecule has 0 atom stereocenters. The molecule has 2 aromatic carbocycles. The topological polar surface area (TPSA) is 26.3 Å². The van der Waals surface area contributed by atoms with E-state index in [1.165, 1.54) is 11.8 Å². The molecule has 2 rings (SSSR count). The fourth-order valence-corrected chi connectivity index (χ4v) is 2.38. The third kappa shape index (κ3) is 3.52. The highest BCUT2D eigenvalue weighted by molar-refractivity contribution is 7.98. The molecule has 0 aliphatic heterocycles. The van der Waals surface area contributed by atoms with Crippen molar-refractivity contribution in [3.8, 4) is 0 Å². The Morgan fingerprint density at radius 2 is 1.90 bits per heavy atom. The summed E-state index contributed by atoms with van der Waals surface area (Å²) < 4.78 is 5.35. The van der Waals surface area contributed by atoms with Crippen LogP contribution in [0.2, 0.25) is 0 Å². The minimum Gasteiger partial charge on any atom is -0.457 e. The van der Waals surface area contributed by atoms with Gasteiger partial charge in [0.15, 0.2) is 0 Å². The molecule has 0 aromatic heterocycles. The van der Waals surface area contributed by atoms with Gasteiger partial charge in [0.1, 0.15) is 6.61 Å². The van der Waals surface area contributed by atoms with Crippen LogP contribution < -0.4 is 0 Å². The lowest BCUT2D eigenvalue weighted by atomic mass is 10.1. The molecule has 0 aliphatic carbocycles. The van der Waals surface area contributed by atoms with Gasteiger partial charge in [-0.25, -0.2) is 4.79 Å². The second-order valence-electron chi connectivity index (χ2n) is 4.22. The summed E-state index contributed by atoms with van der Waals surface area (Å²) in [5.41, 5.74) is 2.63. The first-order valence-electron chi connectivity index (χ1n) is 6.26. The summed E-state index contributed by atoms with van der Waals surface area (Å²) >= 11 is 1.54. The highest BCUT2D eigenvalue weighted by Crippen LogP contribution is 2.21.